The van der Waals surface area contributed by atoms with Gasteiger partial charge in [0, 0.05) is 17.5 Å². The summed E-state index contributed by atoms with van der Waals surface area (Å²) in [5.41, 5.74) is 1.81. The molecule has 4 atom stereocenters. The molecule has 3 rings (SSSR count). The SMILES string of the molecule is CCOC(=O)[C@H]1N=C(c2ccccc2)[C@H]2[C@@H]1CC[C@@]2(C)O[Si](C)(C)C(C)(C)C. The predicted octanol–water partition coefficient (Wildman–Crippen LogP) is 5.23. The van der Waals surface area contributed by atoms with Gasteiger partial charge >= 0.3 is 5.97 Å². The molecule has 1 aliphatic heterocycles. The molecule has 1 aromatic carbocycles. The standard InChI is InChI=1S/C23H35NO3Si/c1-8-26-21(25)20-17-14-15-23(5,27-28(6,7)22(2,3)4)18(17)19(24-20)16-12-10-9-11-13-16/h9-13,17-18,20H,8,14-15H2,1-7H3/t17-,18+,20-,23+/m0/s1. The number of carbonyl (C=O) groups is 1. The van der Waals surface area contributed by atoms with Crippen LogP contribution in [0.2, 0.25) is 18.1 Å². The van der Waals surface area contributed by atoms with Gasteiger partial charge in [0.15, 0.2) is 14.4 Å². The Hall–Kier alpha value is -1.46. The van der Waals surface area contributed by atoms with Crippen LogP contribution in [-0.4, -0.2) is 38.2 Å². The van der Waals surface area contributed by atoms with E-state index in [2.05, 4.69) is 52.9 Å². The summed E-state index contributed by atoms with van der Waals surface area (Å²) < 4.78 is 12.4. The zero-order valence-corrected chi connectivity index (χ0v) is 19.4. The highest BCUT2D eigenvalue weighted by molar-refractivity contribution is 6.74. The van der Waals surface area contributed by atoms with Crippen molar-refractivity contribution in [1.82, 2.24) is 0 Å². The highest BCUT2D eigenvalue weighted by Gasteiger charge is 2.58. The van der Waals surface area contributed by atoms with Gasteiger partial charge in [-0.05, 0) is 50.4 Å². The van der Waals surface area contributed by atoms with E-state index in [-0.39, 0.29) is 28.4 Å². The van der Waals surface area contributed by atoms with E-state index in [1.54, 1.807) is 0 Å². The zero-order valence-electron chi connectivity index (χ0n) is 18.4. The quantitative estimate of drug-likeness (QED) is 0.501. The number of aliphatic imine (C=N–C) groups is 1. The van der Waals surface area contributed by atoms with E-state index in [1.807, 2.05) is 25.1 Å². The molecule has 0 spiro atoms. The molecule has 154 valence electrons. The van der Waals surface area contributed by atoms with Crippen molar-refractivity contribution in [2.75, 3.05) is 6.61 Å². The van der Waals surface area contributed by atoms with E-state index in [1.165, 1.54) is 0 Å². The lowest BCUT2D eigenvalue weighted by atomic mass is 9.81. The number of hydrogen-bond acceptors (Lipinski definition) is 4. The monoisotopic (exact) mass is 401 g/mol. The van der Waals surface area contributed by atoms with Crippen LogP contribution < -0.4 is 0 Å². The smallest absolute Gasteiger partial charge is 0.331 e. The van der Waals surface area contributed by atoms with E-state index >= 15 is 0 Å². The molecule has 1 saturated carbocycles. The van der Waals surface area contributed by atoms with Crippen LogP contribution in [0, 0.1) is 11.8 Å². The minimum atomic E-state index is -1.97. The number of fused-ring (bicyclic) bond motifs is 1. The fourth-order valence-electron chi connectivity index (χ4n) is 4.55. The Morgan fingerprint density at radius 2 is 1.89 bits per heavy atom. The molecule has 1 aromatic rings. The van der Waals surface area contributed by atoms with Crippen LogP contribution >= 0.6 is 0 Å². The molecule has 0 radical (unpaired) electrons. The summed E-state index contributed by atoms with van der Waals surface area (Å²) >= 11 is 0. The number of esters is 1. The summed E-state index contributed by atoms with van der Waals surface area (Å²) in [4.78, 5) is 17.6. The van der Waals surface area contributed by atoms with Gasteiger partial charge in [0.25, 0.3) is 0 Å². The van der Waals surface area contributed by atoms with E-state index in [9.17, 15) is 4.79 Å². The Morgan fingerprint density at radius 1 is 1.25 bits per heavy atom. The maximum atomic E-state index is 12.7. The third kappa shape index (κ3) is 3.71. The second-order valence-electron chi connectivity index (χ2n) is 9.93. The molecule has 1 aliphatic carbocycles. The minimum Gasteiger partial charge on any atom is -0.464 e. The Kier molecular flexibility index (Phi) is 5.63. The summed E-state index contributed by atoms with van der Waals surface area (Å²) in [6.07, 6.45) is 1.90. The van der Waals surface area contributed by atoms with Crippen molar-refractivity contribution in [1.29, 1.82) is 0 Å². The van der Waals surface area contributed by atoms with E-state index in [4.69, 9.17) is 14.2 Å². The maximum Gasteiger partial charge on any atom is 0.331 e. The van der Waals surface area contributed by atoms with Crippen molar-refractivity contribution in [2.24, 2.45) is 16.8 Å². The van der Waals surface area contributed by atoms with Gasteiger partial charge in [-0.2, -0.15) is 0 Å². The summed E-state index contributed by atoms with van der Waals surface area (Å²) in [7, 11) is -1.97. The van der Waals surface area contributed by atoms with Crippen molar-refractivity contribution >= 4 is 20.0 Å². The number of ether oxygens (including phenoxy) is 1. The molecule has 0 amide bonds. The fraction of sp³-hybridized carbons (Fsp3) is 0.652. The van der Waals surface area contributed by atoms with Gasteiger partial charge in [0.05, 0.1) is 12.2 Å². The van der Waals surface area contributed by atoms with Crippen molar-refractivity contribution in [2.45, 2.75) is 77.2 Å². The van der Waals surface area contributed by atoms with Gasteiger partial charge in [-0.1, -0.05) is 51.1 Å². The van der Waals surface area contributed by atoms with Gasteiger partial charge < -0.3 is 9.16 Å². The first-order chi connectivity index (χ1) is 13.0. The third-order valence-corrected chi connectivity index (χ3v) is 11.5. The van der Waals surface area contributed by atoms with Gasteiger partial charge in [-0.15, -0.1) is 0 Å². The number of hydrogen-bond donors (Lipinski definition) is 0. The zero-order chi connectivity index (χ0) is 20.7. The maximum absolute atomic E-state index is 12.7. The second-order valence-corrected chi connectivity index (χ2v) is 14.7. The Bertz CT molecular complexity index is 753. The summed E-state index contributed by atoms with van der Waals surface area (Å²) in [6, 6.07) is 9.85. The first kappa shape index (κ1) is 21.3. The lowest BCUT2D eigenvalue weighted by Crippen LogP contribution is -2.52. The lowest BCUT2D eigenvalue weighted by molar-refractivity contribution is -0.145. The molecule has 4 nitrogen and oxygen atoms in total. The van der Waals surface area contributed by atoms with Crippen molar-refractivity contribution in [3.63, 3.8) is 0 Å². The molecule has 5 heteroatoms. The van der Waals surface area contributed by atoms with E-state index in [0.29, 0.717) is 6.61 Å². The largest absolute Gasteiger partial charge is 0.464 e. The van der Waals surface area contributed by atoms with Crippen LogP contribution in [0.25, 0.3) is 0 Å². The summed E-state index contributed by atoms with van der Waals surface area (Å²) in [5.74, 6) is 0.0856. The van der Waals surface area contributed by atoms with E-state index in [0.717, 1.165) is 24.1 Å². The summed E-state index contributed by atoms with van der Waals surface area (Å²) in [6.45, 7) is 15.9. The number of rotatable bonds is 5. The normalized spacial score (nSPS) is 30.1. The van der Waals surface area contributed by atoms with Crippen LogP contribution in [0.5, 0.6) is 0 Å². The Morgan fingerprint density at radius 3 is 2.46 bits per heavy atom. The van der Waals surface area contributed by atoms with Gasteiger partial charge in [0.2, 0.25) is 0 Å². The average Bonchev–Trinajstić information content (AvgIpc) is 3.14. The topological polar surface area (TPSA) is 47.9 Å². The molecular formula is C23H35NO3Si. The molecule has 0 N–H and O–H groups in total. The van der Waals surface area contributed by atoms with E-state index < -0.39 is 14.4 Å². The van der Waals surface area contributed by atoms with Crippen molar-refractivity contribution in [3.8, 4) is 0 Å². The number of carbonyl (C=O) groups excluding carboxylic acids is 1. The Balaban J connectivity index is 2.00. The third-order valence-electron chi connectivity index (χ3n) is 6.93. The molecule has 1 heterocycles. The molecule has 28 heavy (non-hydrogen) atoms. The first-order valence-corrected chi connectivity index (χ1v) is 13.4. The van der Waals surface area contributed by atoms with Crippen molar-refractivity contribution in [3.05, 3.63) is 35.9 Å². The molecule has 0 bridgehead atoms. The molecule has 0 saturated heterocycles. The van der Waals surface area contributed by atoms with Crippen LogP contribution in [0.1, 0.15) is 53.0 Å². The molecular weight excluding hydrogens is 366 g/mol. The second kappa shape index (κ2) is 7.41. The molecule has 0 unspecified atom stereocenters. The van der Waals surface area contributed by atoms with Crippen LogP contribution in [0.3, 0.4) is 0 Å². The molecule has 0 aromatic heterocycles. The highest BCUT2D eigenvalue weighted by Crippen LogP contribution is 2.53. The first-order valence-electron chi connectivity index (χ1n) is 10.5. The van der Waals surface area contributed by atoms with Gasteiger partial charge in [-0.25, -0.2) is 4.79 Å². The van der Waals surface area contributed by atoms with Crippen LogP contribution in [0.15, 0.2) is 35.3 Å². The van der Waals surface area contributed by atoms with Crippen LogP contribution in [-0.2, 0) is 14.0 Å². The number of nitrogens with zero attached hydrogens (tertiary/aromatic N) is 1. The lowest BCUT2D eigenvalue weighted by Gasteiger charge is -2.45. The van der Waals surface area contributed by atoms with Crippen LogP contribution in [0.4, 0.5) is 0 Å². The minimum absolute atomic E-state index is 0.124. The molecule has 2 aliphatic rings. The number of benzene rings is 1. The Labute approximate surface area is 170 Å². The van der Waals surface area contributed by atoms with Gasteiger partial charge in [-0.3, -0.25) is 4.99 Å². The average molecular weight is 402 g/mol. The molecule has 1 fully saturated rings. The van der Waals surface area contributed by atoms with Gasteiger partial charge in [0.1, 0.15) is 0 Å². The highest BCUT2D eigenvalue weighted by atomic mass is 28.4. The predicted molar refractivity (Wildman–Crippen MR) is 116 cm³/mol. The van der Waals surface area contributed by atoms with Crippen molar-refractivity contribution < 1.29 is 14.0 Å². The fourth-order valence-corrected chi connectivity index (χ4v) is 6.26. The summed E-state index contributed by atoms with van der Waals surface area (Å²) in [5, 5.41) is 0.136.